The minimum Gasteiger partial charge on any atom is -0.316 e. The highest BCUT2D eigenvalue weighted by Crippen LogP contribution is 2.36. The Morgan fingerprint density at radius 3 is 1.90 bits per heavy atom. The van der Waals surface area contributed by atoms with Crippen molar-refractivity contribution in [1.29, 1.82) is 0 Å². The zero-order valence-electron chi connectivity index (χ0n) is 13.6. The molecule has 2 aliphatic carbocycles. The molecule has 1 N–H and O–H groups in total. The number of nitrogens with one attached hydrogen (secondary N) is 1. The van der Waals surface area contributed by atoms with Crippen LogP contribution < -0.4 is 5.32 Å². The van der Waals surface area contributed by atoms with E-state index in [1.165, 1.54) is 90.6 Å². The van der Waals surface area contributed by atoms with E-state index in [1.54, 1.807) is 0 Å². The minimum absolute atomic E-state index is 0.911. The van der Waals surface area contributed by atoms with Gasteiger partial charge >= 0.3 is 0 Å². The van der Waals surface area contributed by atoms with Crippen molar-refractivity contribution in [2.75, 3.05) is 39.3 Å². The molecule has 4 fully saturated rings. The molecule has 2 bridgehead atoms. The predicted octanol–water partition coefficient (Wildman–Crippen LogP) is 2.32. The van der Waals surface area contributed by atoms with E-state index in [-0.39, 0.29) is 0 Å². The molecule has 3 nitrogen and oxygen atoms in total. The molecule has 0 spiro atoms. The van der Waals surface area contributed by atoms with Crippen molar-refractivity contribution >= 4 is 0 Å². The molecular formula is C18H33N3. The lowest BCUT2D eigenvalue weighted by Crippen LogP contribution is -2.61. The summed E-state index contributed by atoms with van der Waals surface area (Å²) in [5.74, 6) is 1.89. The number of piperidine rings is 1. The Hall–Kier alpha value is -0.120. The highest BCUT2D eigenvalue weighted by molar-refractivity contribution is 4.96. The van der Waals surface area contributed by atoms with Crippen LogP contribution in [0, 0.1) is 11.8 Å². The topological polar surface area (TPSA) is 18.5 Å². The van der Waals surface area contributed by atoms with E-state index in [0.717, 1.165) is 23.9 Å². The van der Waals surface area contributed by atoms with Gasteiger partial charge in [-0.05, 0) is 50.6 Å². The molecule has 0 aromatic rings. The van der Waals surface area contributed by atoms with Crippen molar-refractivity contribution < 1.29 is 0 Å². The zero-order valence-corrected chi connectivity index (χ0v) is 13.6. The second-order valence-corrected chi connectivity index (χ2v) is 7.96. The number of rotatable bonds is 2. The lowest BCUT2D eigenvalue weighted by Gasteiger charge is -2.51. The summed E-state index contributed by atoms with van der Waals surface area (Å²) in [6, 6.07) is 1.84. The molecule has 0 amide bonds. The Morgan fingerprint density at radius 2 is 1.24 bits per heavy atom. The number of hydrogen-bond donors (Lipinski definition) is 1. The van der Waals surface area contributed by atoms with Gasteiger partial charge in [0.25, 0.3) is 0 Å². The van der Waals surface area contributed by atoms with Crippen LogP contribution in [0.25, 0.3) is 0 Å². The first-order chi connectivity index (χ1) is 10.4. The minimum atomic E-state index is 0.911. The van der Waals surface area contributed by atoms with Crippen LogP contribution in [0.2, 0.25) is 0 Å². The number of fused-ring (bicyclic) bond motifs is 2. The molecule has 0 aromatic heterocycles. The van der Waals surface area contributed by atoms with E-state index in [2.05, 4.69) is 15.1 Å². The third-order valence-corrected chi connectivity index (χ3v) is 6.79. The first kappa shape index (κ1) is 14.5. The Bertz CT molecular complexity index is 309. The fourth-order valence-electron chi connectivity index (χ4n) is 5.71. The average molecular weight is 291 g/mol. The summed E-state index contributed by atoms with van der Waals surface area (Å²) < 4.78 is 0. The molecule has 3 heteroatoms. The second kappa shape index (κ2) is 6.55. The van der Waals surface area contributed by atoms with Crippen molar-refractivity contribution in [3.63, 3.8) is 0 Å². The molecule has 2 aliphatic heterocycles. The summed E-state index contributed by atoms with van der Waals surface area (Å²) in [5.41, 5.74) is 0. The van der Waals surface area contributed by atoms with Gasteiger partial charge in [-0.1, -0.05) is 25.7 Å². The van der Waals surface area contributed by atoms with Gasteiger partial charge in [-0.25, -0.2) is 0 Å². The molecule has 120 valence electrons. The lowest BCUT2D eigenvalue weighted by molar-refractivity contribution is -0.0111. The van der Waals surface area contributed by atoms with Gasteiger partial charge in [0.05, 0.1) is 0 Å². The summed E-state index contributed by atoms with van der Waals surface area (Å²) in [6.07, 6.45) is 11.8. The third-order valence-electron chi connectivity index (χ3n) is 6.79. The summed E-state index contributed by atoms with van der Waals surface area (Å²) >= 11 is 0. The molecule has 4 rings (SSSR count). The predicted molar refractivity (Wildman–Crippen MR) is 87.5 cm³/mol. The SMILES string of the molecule is C1CCC(N2CCN(C3[C@@H]4CCC[C@@H]3CNC4)CC2)CC1. The van der Waals surface area contributed by atoms with Gasteiger partial charge in [0.15, 0.2) is 0 Å². The Morgan fingerprint density at radius 1 is 0.619 bits per heavy atom. The molecule has 2 saturated carbocycles. The molecule has 0 radical (unpaired) electrons. The summed E-state index contributed by atoms with van der Waals surface area (Å²) in [7, 11) is 0. The highest BCUT2D eigenvalue weighted by atomic mass is 15.3. The fraction of sp³-hybridized carbons (Fsp3) is 1.00. The molecule has 0 aromatic carbocycles. The van der Waals surface area contributed by atoms with E-state index in [4.69, 9.17) is 0 Å². The average Bonchev–Trinajstić information content (AvgIpc) is 2.55. The van der Waals surface area contributed by atoms with Crippen molar-refractivity contribution in [1.82, 2.24) is 15.1 Å². The van der Waals surface area contributed by atoms with Gasteiger partial charge in [0.2, 0.25) is 0 Å². The van der Waals surface area contributed by atoms with Gasteiger partial charge in [0, 0.05) is 38.3 Å². The van der Waals surface area contributed by atoms with Gasteiger partial charge in [0.1, 0.15) is 0 Å². The normalized spacial score (nSPS) is 40.3. The Kier molecular flexibility index (Phi) is 4.52. The van der Waals surface area contributed by atoms with E-state index in [9.17, 15) is 0 Å². The summed E-state index contributed by atoms with van der Waals surface area (Å²) in [5, 5.41) is 3.68. The Labute approximate surface area is 130 Å². The summed E-state index contributed by atoms with van der Waals surface area (Å²) in [4.78, 5) is 5.71. The molecule has 21 heavy (non-hydrogen) atoms. The van der Waals surface area contributed by atoms with Gasteiger partial charge in [-0.2, -0.15) is 0 Å². The molecule has 4 aliphatic rings. The summed E-state index contributed by atoms with van der Waals surface area (Å²) in [6.45, 7) is 7.93. The number of nitrogens with zero attached hydrogens (tertiary/aromatic N) is 2. The van der Waals surface area contributed by atoms with Crippen molar-refractivity contribution in [2.45, 2.75) is 63.5 Å². The molecule has 2 saturated heterocycles. The Balaban J connectivity index is 1.34. The van der Waals surface area contributed by atoms with Crippen LogP contribution in [0.1, 0.15) is 51.4 Å². The van der Waals surface area contributed by atoms with E-state index in [1.807, 2.05) is 0 Å². The van der Waals surface area contributed by atoms with Crippen LogP contribution in [0.4, 0.5) is 0 Å². The molecular weight excluding hydrogens is 258 g/mol. The van der Waals surface area contributed by atoms with Crippen molar-refractivity contribution in [2.24, 2.45) is 11.8 Å². The van der Waals surface area contributed by atoms with E-state index in [0.29, 0.717) is 0 Å². The maximum Gasteiger partial charge on any atom is 0.0177 e. The third kappa shape index (κ3) is 3.02. The van der Waals surface area contributed by atoms with Gasteiger partial charge in [-0.3, -0.25) is 9.80 Å². The highest BCUT2D eigenvalue weighted by Gasteiger charge is 2.40. The van der Waals surface area contributed by atoms with Crippen molar-refractivity contribution in [3.8, 4) is 0 Å². The smallest absolute Gasteiger partial charge is 0.0177 e. The fourth-order valence-corrected chi connectivity index (χ4v) is 5.71. The maximum absolute atomic E-state index is 3.68. The largest absolute Gasteiger partial charge is 0.316 e. The monoisotopic (exact) mass is 291 g/mol. The molecule has 2 heterocycles. The van der Waals surface area contributed by atoms with Crippen LogP contribution in [0.5, 0.6) is 0 Å². The van der Waals surface area contributed by atoms with E-state index < -0.39 is 0 Å². The lowest BCUT2D eigenvalue weighted by atomic mass is 9.73. The number of piperazine rings is 1. The zero-order chi connectivity index (χ0) is 14.1. The van der Waals surface area contributed by atoms with Crippen LogP contribution in [-0.4, -0.2) is 61.2 Å². The number of hydrogen-bond acceptors (Lipinski definition) is 3. The quantitative estimate of drug-likeness (QED) is 0.842. The molecule has 0 unspecified atom stereocenters. The maximum atomic E-state index is 3.68. The first-order valence-electron chi connectivity index (χ1n) is 9.60. The van der Waals surface area contributed by atoms with Gasteiger partial charge < -0.3 is 5.32 Å². The van der Waals surface area contributed by atoms with E-state index >= 15 is 0 Å². The van der Waals surface area contributed by atoms with Crippen molar-refractivity contribution in [3.05, 3.63) is 0 Å². The van der Waals surface area contributed by atoms with Gasteiger partial charge in [-0.15, -0.1) is 0 Å². The second-order valence-electron chi connectivity index (χ2n) is 7.96. The van der Waals surface area contributed by atoms with Crippen LogP contribution >= 0.6 is 0 Å². The van der Waals surface area contributed by atoms with Crippen LogP contribution in [-0.2, 0) is 0 Å². The first-order valence-corrected chi connectivity index (χ1v) is 9.60. The van der Waals surface area contributed by atoms with Crippen LogP contribution in [0.3, 0.4) is 0 Å². The standard InChI is InChI=1S/C18H33N3/c1-2-7-17(8-3-1)20-9-11-21(12-10-20)18-15-5-4-6-16(18)14-19-13-15/h15-19H,1-14H2/t15-,16-/m1/s1. The molecule has 2 atom stereocenters. The van der Waals surface area contributed by atoms with Crippen LogP contribution in [0.15, 0.2) is 0 Å².